The van der Waals surface area contributed by atoms with Gasteiger partial charge in [0, 0.05) is 6.21 Å². The number of nitrogens with zero attached hydrogens (tertiary/aromatic N) is 1. The van der Waals surface area contributed by atoms with Crippen molar-refractivity contribution in [1.29, 1.82) is 0 Å². The Hall–Kier alpha value is -0.850. The van der Waals surface area contributed by atoms with E-state index in [-0.39, 0.29) is 0 Å². The van der Waals surface area contributed by atoms with Crippen LogP contribution in [0.3, 0.4) is 0 Å². The number of aliphatic imine (C=N–C) groups is 1. The summed E-state index contributed by atoms with van der Waals surface area (Å²) in [5, 5.41) is 0. The molecule has 0 fully saturated rings. The van der Waals surface area contributed by atoms with Crippen molar-refractivity contribution in [2.24, 2.45) is 4.99 Å². The molecule has 10 heavy (non-hydrogen) atoms. The van der Waals surface area contributed by atoms with E-state index in [1.54, 1.807) is 0 Å². The van der Waals surface area contributed by atoms with Crippen LogP contribution in [0.5, 0.6) is 0 Å². The largest absolute Gasteiger partial charge is 0.289 e. The van der Waals surface area contributed by atoms with Gasteiger partial charge in [-0.1, -0.05) is 18.2 Å². The Bertz CT molecular complexity index is 199. The number of allylic oxidation sites excluding steroid dienone is 2. The number of hydrogen-bond acceptors (Lipinski definition) is 1. The number of rotatable bonds is 0. The molecular weight excluding hydrogens is 122 g/mol. The monoisotopic (exact) mass is 135 g/mol. The van der Waals surface area contributed by atoms with Crippen molar-refractivity contribution >= 4 is 6.21 Å². The average molecular weight is 135 g/mol. The van der Waals surface area contributed by atoms with Crippen LogP contribution < -0.4 is 0 Å². The van der Waals surface area contributed by atoms with Crippen LogP contribution in [0.25, 0.3) is 0 Å². The molecule has 0 aromatic carbocycles. The quantitative estimate of drug-likeness (QED) is 0.483. The lowest BCUT2D eigenvalue weighted by atomic mass is 10.1. The Morgan fingerprint density at radius 1 is 1.70 bits per heavy atom. The second-order valence-corrected chi connectivity index (χ2v) is 2.90. The predicted molar refractivity (Wildman–Crippen MR) is 45.5 cm³/mol. The Balaban J connectivity index is 2.79. The van der Waals surface area contributed by atoms with E-state index in [0.717, 1.165) is 12.0 Å². The molecule has 1 nitrogen and oxygen atoms in total. The fourth-order valence-electron chi connectivity index (χ4n) is 1.15. The molecule has 0 bridgehead atoms. The van der Waals surface area contributed by atoms with Crippen molar-refractivity contribution in [2.45, 2.75) is 26.3 Å². The van der Waals surface area contributed by atoms with E-state index >= 15 is 0 Å². The fourth-order valence-corrected chi connectivity index (χ4v) is 1.15. The van der Waals surface area contributed by atoms with E-state index in [4.69, 9.17) is 0 Å². The van der Waals surface area contributed by atoms with Gasteiger partial charge in [0.1, 0.15) is 0 Å². The molecule has 1 unspecified atom stereocenters. The van der Waals surface area contributed by atoms with Gasteiger partial charge in [0.25, 0.3) is 0 Å². The third kappa shape index (κ3) is 1.83. The molecule has 54 valence electrons. The smallest absolute Gasteiger partial charge is 0.0508 e. The van der Waals surface area contributed by atoms with Crippen molar-refractivity contribution in [3.05, 3.63) is 23.8 Å². The lowest BCUT2D eigenvalue weighted by molar-refractivity contribution is 0.741. The van der Waals surface area contributed by atoms with Crippen LogP contribution in [-0.4, -0.2) is 12.3 Å². The fraction of sp³-hybridized carbons (Fsp3) is 0.444. The molecule has 0 aliphatic carbocycles. The molecule has 1 atom stereocenters. The first-order chi connectivity index (χ1) is 4.68. The molecule has 0 N–H and O–H groups in total. The highest BCUT2D eigenvalue weighted by Crippen LogP contribution is 2.12. The molecule has 0 radical (unpaired) electrons. The summed E-state index contributed by atoms with van der Waals surface area (Å²) < 4.78 is 0. The summed E-state index contributed by atoms with van der Waals surface area (Å²) in [5.41, 5.74) is 2.39. The maximum atomic E-state index is 4.28. The van der Waals surface area contributed by atoms with Crippen molar-refractivity contribution in [2.75, 3.05) is 0 Å². The van der Waals surface area contributed by atoms with Crippen LogP contribution in [0.4, 0.5) is 0 Å². The van der Waals surface area contributed by atoms with Gasteiger partial charge in [-0.2, -0.15) is 0 Å². The third-order valence-electron chi connectivity index (χ3n) is 1.54. The van der Waals surface area contributed by atoms with Crippen LogP contribution in [0.15, 0.2) is 28.8 Å². The summed E-state index contributed by atoms with van der Waals surface area (Å²) in [5.74, 6) is 0. The van der Waals surface area contributed by atoms with Gasteiger partial charge >= 0.3 is 0 Å². The summed E-state index contributed by atoms with van der Waals surface area (Å²) in [7, 11) is 0. The first kappa shape index (κ1) is 7.26. The molecule has 1 heteroatoms. The zero-order valence-electron chi connectivity index (χ0n) is 6.59. The molecule has 0 aromatic heterocycles. The minimum Gasteiger partial charge on any atom is -0.289 e. The zero-order chi connectivity index (χ0) is 7.56. The number of hydrogen-bond donors (Lipinski definition) is 0. The van der Waals surface area contributed by atoms with Crippen molar-refractivity contribution in [3.8, 4) is 0 Å². The van der Waals surface area contributed by atoms with E-state index in [9.17, 15) is 0 Å². The van der Waals surface area contributed by atoms with Gasteiger partial charge < -0.3 is 0 Å². The molecular formula is C9H13N. The lowest BCUT2D eigenvalue weighted by Gasteiger charge is -2.01. The molecule has 1 rings (SSSR count). The second kappa shape index (κ2) is 2.82. The van der Waals surface area contributed by atoms with Crippen molar-refractivity contribution < 1.29 is 0 Å². The molecule has 1 heterocycles. The molecule has 0 aromatic rings. The minimum absolute atomic E-state index is 0.426. The van der Waals surface area contributed by atoms with Gasteiger partial charge in [-0.05, 0) is 25.8 Å². The second-order valence-electron chi connectivity index (χ2n) is 2.90. The highest BCUT2D eigenvalue weighted by Gasteiger charge is 2.02. The van der Waals surface area contributed by atoms with E-state index in [1.165, 1.54) is 5.57 Å². The standard InChI is InChI=1S/C9H13N/c1-7-4-8(2)6-10-9(3)5-7/h4,6,9H,2,5H2,1,3H3. The zero-order valence-corrected chi connectivity index (χ0v) is 6.59. The average Bonchev–Trinajstić information content (AvgIpc) is 1.93. The van der Waals surface area contributed by atoms with E-state index < -0.39 is 0 Å². The SMILES string of the molecule is C=C1C=NC(C)CC(C)=C1. The Morgan fingerprint density at radius 3 is 3.10 bits per heavy atom. The first-order valence-corrected chi connectivity index (χ1v) is 3.58. The summed E-state index contributed by atoms with van der Waals surface area (Å²) in [6, 6.07) is 0.426. The highest BCUT2D eigenvalue weighted by atomic mass is 14.8. The van der Waals surface area contributed by atoms with Crippen molar-refractivity contribution in [1.82, 2.24) is 0 Å². The molecule has 0 amide bonds. The van der Waals surface area contributed by atoms with Crippen LogP contribution >= 0.6 is 0 Å². The van der Waals surface area contributed by atoms with Crippen LogP contribution in [0.2, 0.25) is 0 Å². The summed E-state index contributed by atoms with van der Waals surface area (Å²) in [6.07, 6.45) is 5.00. The van der Waals surface area contributed by atoms with Gasteiger partial charge in [-0.25, -0.2) is 0 Å². The van der Waals surface area contributed by atoms with Crippen LogP contribution in [0, 0.1) is 0 Å². The maximum absolute atomic E-state index is 4.28. The Labute approximate surface area is 62.2 Å². The Morgan fingerprint density at radius 2 is 2.40 bits per heavy atom. The van der Waals surface area contributed by atoms with Gasteiger partial charge in [0.15, 0.2) is 0 Å². The summed E-state index contributed by atoms with van der Waals surface area (Å²) >= 11 is 0. The first-order valence-electron chi connectivity index (χ1n) is 3.58. The van der Waals surface area contributed by atoms with Crippen molar-refractivity contribution in [3.63, 3.8) is 0 Å². The molecule has 0 saturated carbocycles. The van der Waals surface area contributed by atoms with E-state index in [1.807, 2.05) is 6.21 Å². The summed E-state index contributed by atoms with van der Waals surface area (Å²) in [6.45, 7) is 8.07. The normalized spacial score (nSPS) is 26.0. The van der Waals surface area contributed by atoms with Crippen LogP contribution in [0.1, 0.15) is 20.3 Å². The molecule has 1 aliphatic heterocycles. The topological polar surface area (TPSA) is 12.4 Å². The lowest BCUT2D eigenvalue weighted by Crippen LogP contribution is -1.95. The highest BCUT2D eigenvalue weighted by molar-refractivity contribution is 5.82. The van der Waals surface area contributed by atoms with Gasteiger partial charge in [0.2, 0.25) is 0 Å². The molecule has 0 saturated heterocycles. The summed E-state index contributed by atoms with van der Waals surface area (Å²) in [4.78, 5) is 4.28. The van der Waals surface area contributed by atoms with E-state index in [2.05, 4.69) is 31.5 Å². The van der Waals surface area contributed by atoms with Crippen LogP contribution in [-0.2, 0) is 0 Å². The molecule has 0 spiro atoms. The van der Waals surface area contributed by atoms with Gasteiger partial charge in [0.05, 0.1) is 6.04 Å². The Kier molecular flexibility index (Phi) is 2.05. The minimum atomic E-state index is 0.426. The van der Waals surface area contributed by atoms with Gasteiger partial charge in [-0.15, -0.1) is 0 Å². The maximum Gasteiger partial charge on any atom is 0.0508 e. The van der Waals surface area contributed by atoms with E-state index in [0.29, 0.717) is 6.04 Å². The predicted octanol–water partition coefficient (Wildman–Crippen LogP) is 2.35. The van der Waals surface area contributed by atoms with Gasteiger partial charge in [-0.3, -0.25) is 4.99 Å². The molecule has 1 aliphatic rings. The third-order valence-corrected chi connectivity index (χ3v) is 1.54.